The molecule has 0 bridgehead atoms. The Bertz CT molecular complexity index is 744. The Balaban J connectivity index is 3.01. The molecule has 1 aromatic heterocycles. The van der Waals surface area contributed by atoms with Gasteiger partial charge in [0.2, 0.25) is 0 Å². The van der Waals surface area contributed by atoms with Crippen LogP contribution in [0, 0.1) is 12.8 Å². The summed E-state index contributed by atoms with van der Waals surface area (Å²) < 4.78 is 5.15. The van der Waals surface area contributed by atoms with Gasteiger partial charge in [-0.2, -0.15) is 4.99 Å². The number of aryl methyl sites for hydroxylation is 1. The first-order valence-corrected chi connectivity index (χ1v) is 8.76. The quantitative estimate of drug-likeness (QED) is 0.491. The first-order valence-electron chi connectivity index (χ1n) is 8.39. The van der Waals surface area contributed by atoms with Crippen LogP contribution in [0.4, 0.5) is 10.6 Å². The summed E-state index contributed by atoms with van der Waals surface area (Å²) >= 11 is 6.14. The summed E-state index contributed by atoms with van der Waals surface area (Å²) in [5, 5.41) is 9.20. The molecule has 9 nitrogen and oxygen atoms in total. The highest BCUT2D eigenvalue weighted by Crippen LogP contribution is 2.19. The second-order valence-corrected chi connectivity index (χ2v) is 7.66. The Kier molecular flexibility index (Phi) is 7.67. The van der Waals surface area contributed by atoms with E-state index in [0.717, 1.165) is 0 Å². The van der Waals surface area contributed by atoms with Crippen LogP contribution in [0.1, 0.15) is 52.9 Å². The number of carbonyl (C=O) groups is 2. The number of hydrazine groups is 1. The van der Waals surface area contributed by atoms with Gasteiger partial charge in [-0.25, -0.2) is 20.2 Å². The first kappa shape index (κ1) is 22.8. The van der Waals surface area contributed by atoms with Crippen LogP contribution >= 0.6 is 11.6 Å². The van der Waals surface area contributed by atoms with E-state index < -0.39 is 23.7 Å². The van der Waals surface area contributed by atoms with Gasteiger partial charge in [0.05, 0.1) is 11.4 Å². The van der Waals surface area contributed by atoms with E-state index in [0.29, 0.717) is 17.1 Å². The number of aliphatic imine (C=N–C) groups is 1. The third-order valence-electron chi connectivity index (χ3n) is 3.30. The summed E-state index contributed by atoms with van der Waals surface area (Å²) in [5.41, 5.74) is 5.81. The number of nitrogens with zero attached hydrogens (tertiary/aromatic N) is 3. The van der Waals surface area contributed by atoms with E-state index >= 15 is 0 Å². The molecule has 10 heteroatoms. The molecule has 0 aromatic carbocycles. The van der Waals surface area contributed by atoms with Crippen molar-refractivity contribution >= 4 is 35.2 Å². The Morgan fingerprint density at radius 1 is 1.26 bits per heavy atom. The van der Waals surface area contributed by atoms with Gasteiger partial charge in [0, 0.05) is 0 Å². The number of rotatable bonds is 6. The number of carboxylic acids is 1. The van der Waals surface area contributed by atoms with Gasteiger partial charge in [-0.3, -0.25) is 4.79 Å². The number of ether oxygens (including phenoxy) is 1. The number of aliphatic carboxylic acids is 1. The van der Waals surface area contributed by atoms with E-state index in [9.17, 15) is 14.7 Å². The lowest BCUT2D eigenvalue weighted by Gasteiger charge is -2.19. The van der Waals surface area contributed by atoms with Gasteiger partial charge in [-0.15, -0.1) is 0 Å². The molecule has 1 rings (SSSR count). The van der Waals surface area contributed by atoms with Crippen LogP contribution in [0.25, 0.3) is 0 Å². The van der Waals surface area contributed by atoms with Gasteiger partial charge in [0.25, 0.3) is 0 Å². The summed E-state index contributed by atoms with van der Waals surface area (Å²) in [4.78, 5) is 35.4. The van der Waals surface area contributed by atoms with Crippen LogP contribution in [0.2, 0.25) is 5.15 Å². The molecule has 150 valence electrons. The van der Waals surface area contributed by atoms with Crippen molar-refractivity contribution < 1.29 is 19.4 Å². The lowest BCUT2D eigenvalue weighted by molar-refractivity contribution is -0.140. The van der Waals surface area contributed by atoms with Crippen molar-refractivity contribution in [1.29, 1.82) is 0 Å². The molecule has 1 atom stereocenters. The Morgan fingerprint density at radius 2 is 1.85 bits per heavy atom. The number of carboxylic acid groups (broad SMARTS) is 1. The SMILES string of the molecule is C/C(=N\C(=O)OC(C)(C)C)c1nc(Cl)c(NNC(C(=O)O)C(C)C)nc1C. The summed E-state index contributed by atoms with van der Waals surface area (Å²) in [6.45, 7) is 12.0. The molecule has 0 aliphatic heterocycles. The van der Waals surface area contributed by atoms with E-state index in [-0.39, 0.29) is 16.9 Å². The lowest BCUT2D eigenvalue weighted by atomic mass is 10.1. The van der Waals surface area contributed by atoms with Gasteiger partial charge in [0.1, 0.15) is 17.3 Å². The maximum absolute atomic E-state index is 11.8. The average molecular weight is 400 g/mol. The highest BCUT2D eigenvalue weighted by atomic mass is 35.5. The van der Waals surface area contributed by atoms with E-state index in [1.54, 1.807) is 48.5 Å². The van der Waals surface area contributed by atoms with Crippen LogP contribution in [-0.4, -0.2) is 44.5 Å². The molecule has 0 radical (unpaired) electrons. The second kappa shape index (κ2) is 9.09. The van der Waals surface area contributed by atoms with Crippen LogP contribution < -0.4 is 10.9 Å². The molecule has 0 saturated heterocycles. The van der Waals surface area contributed by atoms with E-state index in [1.807, 2.05) is 0 Å². The van der Waals surface area contributed by atoms with Gasteiger partial charge in [0.15, 0.2) is 11.0 Å². The molecule has 1 heterocycles. The highest BCUT2D eigenvalue weighted by Gasteiger charge is 2.22. The number of nitrogens with one attached hydrogen (secondary N) is 2. The molecular weight excluding hydrogens is 374 g/mol. The zero-order chi connectivity index (χ0) is 20.9. The van der Waals surface area contributed by atoms with Crippen molar-refractivity contribution in [2.24, 2.45) is 10.9 Å². The standard InChI is InChI=1S/C17H26ClN5O4/c1-8(2)11(15(24)25)22-23-14-13(18)21-12(9(3)19-14)10(4)20-16(26)27-17(5,6)7/h8,11,22H,1-7H3,(H,19,23)(H,24,25)/b20-10+. The molecule has 27 heavy (non-hydrogen) atoms. The van der Waals surface area contributed by atoms with Gasteiger partial charge < -0.3 is 15.3 Å². The number of hydrogen-bond donors (Lipinski definition) is 3. The molecule has 1 aromatic rings. The Hall–Kier alpha value is -2.26. The second-order valence-electron chi connectivity index (χ2n) is 7.30. The summed E-state index contributed by atoms with van der Waals surface area (Å²) in [5.74, 6) is -0.990. The molecule has 3 N–H and O–H groups in total. The number of hydrogen-bond acceptors (Lipinski definition) is 7. The predicted molar refractivity (Wildman–Crippen MR) is 103 cm³/mol. The van der Waals surface area contributed by atoms with Crippen LogP contribution in [0.3, 0.4) is 0 Å². The fourth-order valence-electron chi connectivity index (χ4n) is 2.06. The van der Waals surface area contributed by atoms with Crippen molar-refractivity contribution in [3.8, 4) is 0 Å². The molecule has 0 fully saturated rings. The van der Waals surface area contributed by atoms with Crippen LogP contribution in [-0.2, 0) is 9.53 Å². The molecule has 0 saturated carbocycles. The van der Waals surface area contributed by atoms with E-state index in [2.05, 4.69) is 25.8 Å². The van der Waals surface area contributed by atoms with E-state index in [4.69, 9.17) is 16.3 Å². The fraction of sp³-hybridized carbons (Fsp3) is 0.588. The minimum absolute atomic E-state index is 0.00901. The zero-order valence-corrected chi connectivity index (χ0v) is 17.3. The zero-order valence-electron chi connectivity index (χ0n) is 16.5. The molecule has 1 amide bonds. The topological polar surface area (TPSA) is 126 Å². The molecular formula is C17H26ClN5O4. The maximum atomic E-state index is 11.8. The van der Waals surface area contributed by atoms with Crippen molar-refractivity contribution in [2.45, 2.75) is 60.1 Å². The summed E-state index contributed by atoms with van der Waals surface area (Å²) in [6, 6.07) is -0.835. The molecule has 0 aliphatic carbocycles. The number of anilines is 1. The molecule has 0 aliphatic rings. The maximum Gasteiger partial charge on any atom is 0.434 e. The predicted octanol–water partition coefficient (Wildman–Crippen LogP) is 3.21. The van der Waals surface area contributed by atoms with Gasteiger partial charge >= 0.3 is 12.1 Å². The number of carbonyl (C=O) groups excluding carboxylic acids is 1. The van der Waals surface area contributed by atoms with Crippen molar-refractivity contribution in [3.05, 3.63) is 16.5 Å². The van der Waals surface area contributed by atoms with Crippen molar-refractivity contribution in [1.82, 2.24) is 15.4 Å². The van der Waals surface area contributed by atoms with Crippen LogP contribution in [0.15, 0.2) is 4.99 Å². The monoisotopic (exact) mass is 399 g/mol. The Labute approximate surface area is 163 Å². The number of aromatic nitrogens is 2. The first-order chi connectivity index (χ1) is 12.3. The summed E-state index contributed by atoms with van der Waals surface area (Å²) in [6.07, 6.45) is -0.734. The minimum atomic E-state index is -1.00. The fourth-order valence-corrected chi connectivity index (χ4v) is 2.23. The Morgan fingerprint density at radius 3 is 2.33 bits per heavy atom. The van der Waals surface area contributed by atoms with Crippen molar-refractivity contribution in [2.75, 3.05) is 5.43 Å². The van der Waals surface area contributed by atoms with Gasteiger partial charge in [-0.05, 0) is 40.5 Å². The lowest BCUT2D eigenvalue weighted by Crippen LogP contribution is -2.44. The average Bonchev–Trinajstić information content (AvgIpc) is 2.47. The van der Waals surface area contributed by atoms with Gasteiger partial charge in [-0.1, -0.05) is 25.4 Å². The highest BCUT2D eigenvalue weighted by molar-refractivity contribution is 6.31. The van der Waals surface area contributed by atoms with Crippen molar-refractivity contribution in [3.63, 3.8) is 0 Å². The smallest absolute Gasteiger partial charge is 0.434 e. The largest absolute Gasteiger partial charge is 0.480 e. The van der Waals surface area contributed by atoms with Crippen LogP contribution in [0.5, 0.6) is 0 Å². The molecule has 1 unspecified atom stereocenters. The molecule has 0 spiro atoms. The summed E-state index contributed by atoms with van der Waals surface area (Å²) in [7, 11) is 0. The minimum Gasteiger partial charge on any atom is -0.480 e. The number of amides is 1. The number of halogens is 1. The third-order valence-corrected chi connectivity index (χ3v) is 3.57. The normalized spacial score (nSPS) is 13.4. The van der Waals surface area contributed by atoms with E-state index in [1.165, 1.54) is 0 Å². The third kappa shape index (κ3) is 7.10.